The predicted octanol–water partition coefficient (Wildman–Crippen LogP) is 2.85. The Morgan fingerprint density at radius 3 is 2.77 bits per heavy atom. The Morgan fingerprint density at radius 2 is 2.15 bits per heavy atom. The molecule has 1 rings (SSSR count). The van der Waals surface area contributed by atoms with E-state index < -0.39 is 6.67 Å². The lowest BCUT2D eigenvalue weighted by atomic mass is 9.94. The number of carbonyl (C=O) groups excluding carboxylic acids is 1. The number of hydrogen-bond donors (Lipinski definition) is 0. The Hall–Kier alpha value is -1.18. The molecule has 0 aromatic heterocycles. The van der Waals surface area contributed by atoms with Gasteiger partial charge in [0.1, 0.15) is 13.0 Å². The van der Waals surface area contributed by atoms with E-state index in [1.807, 2.05) is 25.1 Å². The first-order valence-electron chi connectivity index (χ1n) is 4.37. The van der Waals surface area contributed by atoms with Crippen molar-refractivity contribution in [1.82, 2.24) is 0 Å². The molecule has 0 radical (unpaired) electrons. The number of aldehydes is 1. The van der Waals surface area contributed by atoms with Crippen molar-refractivity contribution in [2.45, 2.75) is 25.9 Å². The van der Waals surface area contributed by atoms with Crippen LogP contribution in [-0.2, 0) is 11.5 Å². The van der Waals surface area contributed by atoms with Crippen LogP contribution in [0.25, 0.3) is 0 Å². The van der Waals surface area contributed by atoms with Gasteiger partial charge in [-0.25, -0.2) is 4.39 Å². The summed E-state index contributed by atoms with van der Waals surface area (Å²) in [5.41, 5.74) is 1.63. The molecule has 1 unspecified atom stereocenters. The summed E-state index contributed by atoms with van der Waals surface area (Å²) in [6, 6.07) is 7.32. The summed E-state index contributed by atoms with van der Waals surface area (Å²) in [7, 11) is 0. The molecular formula is C11H13FO. The molecule has 0 saturated heterocycles. The van der Waals surface area contributed by atoms with Gasteiger partial charge in [0.15, 0.2) is 0 Å². The van der Waals surface area contributed by atoms with Gasteiger partial charge in [0.2, 0.25) is 0 Å². The van der Waals surface area contributed by atoms with E-state index in [1.165, 1.54) is 0 Å². The lowest BCUT2D eigenvalue weighted by Crippen LogP contribution is -1.98. The minimum absolute atomic E-state index is 0.115. The molecule has 0 saturated carbocycles. The minimum atomic E-state index is -0.459. The lowest BCUT2D eigenvalue weighted by molar-refractivity contribution is -0.108. The van der Waals surface area contributed by atoms with Crippen molar-refractivity contribution in [3.05, 3.63) is 35.4 Å². The highest BCUT2D eigenvalue weighted by Crippen LogP contribution is 2.22. The second kappa shape index (κ2) is 4.75. The maximum atomic E-state index is 12.5. The molecule has 1 aromatic carbocycles. The number of hydrogen-bond acceptors (Lipinski definition) is 1. The number of rotatable bonds is 4. The molecule has 0 amide bonds. The van der Waals surface area contributed by atoms with Crippen LogP contribution in [0.3, 0.4) is 0 Å². The van der Waals surface area contributed by atoms with E-state index in [0.29, 0.717) is 12.0 Å². The summed E-state index contributed by atoms with van der Waals surface area (Å²) in [6.07, 6.45) is 1.33. The molecule has 0 aliphatic rings. The highest BCUT2D eigenvalue weighted by atomic mass is 19.1. The van der Waals surface area contributed by atoms with Gasteiger partial charge in [-0.1, -0.05) is 31.2 Å². The van der Waals surface area contributed by atoms with E-state index in [4.69, 9.17) is 0 Å². The highest BCUT2D eigenvalue weighted by molar-refractivity contribution is 5.52. The Morgan fingerprint density at radius 1 is 1.46 bits per heavy atom. The Balaban J connectivity index is 2.91. The Kier molecular flexibility index (Phi) is 3.62. The van der Waals surface area contributed by atoms with Gasteiger partial charge in [-0.2, -0.15) is 0 Å². The fraction of sp³-hybridized carbons (Fsp3) is 0.364. The highest BCUT2D eigenvalue weighted by Gasteiger charge is 2.08. The van der Waals surface area contributed by atoms with Crippen LogP contribution in [-0.4, -0.2) is 6.29 Å². The molecule has 0 aliphatic heterocycles. The topological polar surface area (TPSA) is 17.1 Å². The first kappa shape index (κ1) is 9.90. The molecule has 0 fully saturated rings. The van der Waals surface area contributed by atoms with Crippen molar-refractivity contribution in [2.75, 3.05) is 0 Å². The molecule has 1 atom stereocenters. The molecule has 1 nitrogen and oxygen atoms in total. The first-order chi connectivity index (χ1) is 6.29. The summed E-state index contributed by atoms with van der Waals surface area (Å²) < 4.78 is 12.5. The lowest BCUT2D eigenvalue weighted by Gasteiger charge is -2.11. The number of benzene rings is 1. The average Bonchev–Trinajstić information content (AvgIpc) is 2.18. The van der Waals surface area contributed by atoms with E-state index in [9.17, 15) is 9.18 Å². The van der Waals surface area contributed by atoms with Crippen LogP contribution in [0, 0.1) is 0 Å². The number of alkyl halides is 1. The van der Waals surface area contributed by atoms with Crippen molar-refractivity contribution in [3.63, 3.8) is 0 Å². The Bertz CT molecular complexity index is 283. The second-order valence-electron chi connectivity index (χ2n) is 3.14. The van der Waals surface area contributed by atoms with Gasteiger partial charge in [0.25, 0.3) is 0 Å². The molecular weight excluding hydrogens is 167 g/mol. The van der Waals surface area contributed by atoms with Crippen molar-refractivity contribution < 1.29 is 9.18 Å². The molecule has 0 spiro atoms. The average molecular weight is 180 g/mol. The molecule has 0 bridgehead atoms. The standard InChI is InChI=1S/C11H13FO/c1-9(6-7-13)11-5-3-2-4-10(11)8-12/h2-5,7,9H,6,8H2,1H3. The summed E-state index contributed by atoms with van der Waals surface area (Å²) in [5, 5.41) is 0. The molecule has 0 aliphatic carbocycles. The molecule has 1 aromatic rings. The van der Waals surface area contributed by atoms with Gasteiger partial charge in [-0.15, -0.1) is 0 Å². The number of halogens is 1. The third kappa shape index (κ3) is 2.38. The fourth-order valence-electron chi connectivity index (χ4n) is 1.41. The zero-order valence-electron chi connectivity index (χ0n) is 7.66. The molecule has 2 heteroatoms. The summed E-state index contributed by atoms with van der Waals surface area (Å²) >= 11 is 0. The van der Waals surface area contributed by atoms with Gasteiger partial charge in [-0.05, 0) is 17.0 Å². The maximum absolute atomic E-state index is 12.5. The zero-order valence-corrected chi connectivity index (χ0v) is 7.66. The van der Waals surface area contributed by atoms with Crippen LogP contribution in [0.1, 0.15) is 30.4 Å². The maximum Gasteiger partial charge on any atom is 0.120 e. The molecule has 0 heterocycles. The fourth-order valence-corrected chi connectivity index (χ4v) is 1.41. The third-order valence-electron chi connectivity index (χ3n) is 2.18. The molecule has 13 heavy (non-hydrogen) atoms. The van der Waals surface area contributed by atoms with Gasteiger partial charge in [-0.3, -0.25) is 0 Å². The minimum Gasteiger partial charge on any atom is -0.303 e. The van der Waals surface area contributed by atoms with Crippen LogP contribution >= 0.6 is 0 Å². The largest absolute Gasteiger partial charge is 0.303 e. The van der Waals surface area contributed by atoms with E-state index in [-0.39, 0.29) is 5.92 Å². The normalized spacial score (nSPS) is 12.5. The first-order valence-corrected chi connectivity index (χ1v) is 4.37. The van der Waals surface area contributed by atoms with Crippen molar-refractivity contribution in [3.8, 4) is 0 Å². The van der Waals surface area contributed by atoms with Gasteiger partial charge < -0.3 is 4.79 Å². The zero-order chi connectivity index (χ0) is 9.68. The van der Waals surface area contributed by atoms with E-state index >= 15 is 0 Å². The van der Waals surface area contributed by atoms with Crippen LogP contribution in [0.2, 0.25) is 0 Å². The van der Waals surface area contributed by atoms with Crippen molar-refractivity contribution >= 4 is 6.29 Å². The van der Waals surface area contributed by atoms with E-state index in [0.717, 1.165) is 11.8 Å². The van der Waals surface area contributed by atoms with Crippen molar-refractivity contribution in [2.24, 2.45) is 0 Å². The van der Waals surface area contributed by atoms with Crippen LogP contribution < -0.4 is 0 Å². The van der Waals surface area contributed by atoms with Crippen LogP contribution in [0.5, 0.6) is 0 Å². The van der Waals surface area contributed by atoms with Gasteiger partial charge in [0, 0.05) is 6.42 Å². The van der Waals surface area contributed by atoms with Crippen LogP contribution in [0.4, 0.5) is 4.39 Å². The molecule has 70 valence electrons. The quantitative estimate of drug-likeness (QED) is 0.651. The summed E-state index contributed by atoms with van der Waals surface area (Å²) in [5.74, 6) is 0.115. The van der Waals surface area contributed by atoms with Gasteiger partial charge in [0.05, 0.1) is 0 Å². The smallest absolute Gasteiger partial charge is 0.120 e. The summed E-state index contributed by atoms with van der Waals surface area (Å²) in [6.45, 7) is 1.47. The third-order valence-corrected chi connectivity index (χ3v) is 2.18. The monoisotopic (exact) mass is 180 g/mol. The molecule has 0 N–H and O–H groups in total. The van der Waals surface area contributed by atoms with Crippen molar-refractivity contribution in [1.29, 1.82) is 0 Å². The van der Waals surface area contributed by atoms with Crippen LogP contribution in [0.15, 0.2) is 24.3 Å². The summed E-state index contributed by atoms with van der Waals surface area (Å²) in [4.78, 5) is 10.3. The second-order valence-corrected chi connectivity index (χ2v) is 3.14. The van der Waals surface area contributed by atoms with E-state index in [1.54, 1.807) is 6.07 Å². The van der Waals surface area contributed by atoms with E-state index in [2.05, 4.69) is 0 Å². The predicted molar refractivity (Wildman–Crippen MR) is 50.4 cm³/mol. The number of carbonyl (C=O) groups is 1. The SMILES string of the molecule is CC(CC=O)c1ccccc1CF. The Labute approximate surface area is 77.6 Å². The van der Waals surface area contributed by atoms with Gasteiger partial charge >= 0.3 is 0 Å².